The van der Waals surface area contributed by atoms with Gasteiger partial charge in [-0.25, -0.2) is 19.7 Å². The van der Waals surface area contributed by atoms with E-state index in [-0.39, 0.29) is 12.5 Å². The maximum absolute atomic E-state index is 12.6. The van der Waals surface area contributed by atoms with E-state index in [1.807, 2.05) is 56.7 Å². The predicted molar refractivity (Wildman–Crippen MR) is 146 cm³/mol. The van der Waals surface area contributed by atoms with Crippen molar-refractivity contribution in [2.75, 3.05) is 25.6 Å². The van der Waals surface area contributed by atoms with E-state index in [1.165, 1.54) is 7.11 Å². The molecule has 200 valence electrons. The molecule has 0 saturated carbocycles. The number of aryl methyl sites for hydroxylation is 1. The van der Waals surface area contributed by atoms with Crippen molar-refractivity contribution in [3.8, 4) is 11.4 Å². The van der Waals surface area contributed by atoms with Crippen molar-refractivity contribution in [2.24, 2.45) is 7.05 Å². The molecule has 4 aromatic heterocycles. The zero-order valence-corrected chi connectivity index (χ0v) is 22.4. The van der Waals surface area contributed by atoms with E-state index >= 15 is 0 Å². The van der Waals surface area contributed by atoms with Gasteiger partial charge in [-0.05, 0) is 38.5 Å². The quantitative estimate of drug-likeness (QED) is 0.297. The maximum Gasteiger partial charge on any atom is 0.413 e. The smallest absolute Gasteiger partial charge is 0.413 e. The number of methoxy groups -OCH3 is 1. The summed E-state index contributed by atoms with van der Waals surface area (Å²) in [6, 6.07) is 7.60. The van der Waals surface area contributed by atoms with Crippen molar-refractivity contribution >= 4 is 39.9 Å². The number of carbonyl (C=O) groups excluding carboxylic acids is 2. The molecule has 2 N–H and O–H groups in total. The molecule has 0 aliphatic carbocycles. The van der Waals surface area contributed by atoms with Crippen molar-refractivity contribution in [1.29, 1.82) is 0 Å². The molecule has 0 radical (unpaired) electrons. The van der Waals surface area contributed by atoms with E-state index in [1.54, 1.807) is 17.3 Å². The van der Waals surface area contributed by atoms with Gasteiger partial charge < -0.3 is 23.9 Å². The predicted octanol–water partition coefficient (Wildman–Crippen LogP) is 4.41. The number of fused-ring (bicyclic) bond motifs is 3. The lowest BCUT2D eigenvalue weighted by Crippen LogP contribution is -2.33. The summed E-state index contributed by atoms with van der Waals surface area (Å²) in [5.74, 6) is 0.158. The molecular formula is C27H33N7O4. The fourth-order valence-corrected chi connectivity index (χ4v) is 4.01. The van der Waals surface area contributed by atoms with Gasteiger partial charge >= 0.3 is 6.09 Å². The highest BCUT2D eigenvalue weighted by Crippen LogP contribution is 2.31. The van der Waals surface area contributed by atoms with Crippen molar-refractivity contribution in [3.05, 3.63) is 48.9 Å². The van der Waals surface area contributed by atoms with Crippen LogP contribution in [0.1, 0.15) is 32.9 Å². The Morgan fingerprint density at radius 2 is 2.08 bits per heavy atom. The van der Waals surface area contributed by atoms with Gasteiger partial charge in [-0.15, -0.1) is 6.58 Å². The average molecular weight is 520 g/mol. The first-order valence-corrected chi connectivity index (χ1v) is 12.3. The Kier molecular flexibility index (Phi) is 7.77. The Bertz CT molecular complexity index is 1490. The van der Waals surface area contributed by atoms with Crippen molar-refractivity contribution in [1.82, 2.24) is 29.4 Å². The van der Waals surface area contributed by atoms with Crippen molar-refractivity contribution < 1.29 is 19.1 Å². The summed E-state index contributed by atoms with van der Waals surface area (Å²) >= 11 is 0. The largest absolute Gasteiger partial charge is 0.443 e. The van der Waals surface area contributed by atoms with Gasteiger partial charge in [0.15, 0.2) is 5.82 Å². The SMILES string of the molecule is C=CCN(Cc1cccc(-c2cc3c(nc(NC(=O)OC(C)(C)CC)c4ncn(C)c43)[nH]2)n1)C(=O)COC. The Balaban J connectivity index is 1.69. The molecule has 0 bridgehead atoms. The number of imidazole rings is 1. The Hall–Kier alpha value is -4.25. The van der Waals surface area contributed by atoms with Gasteiger partial charge in [0, 0.05) is 26.1 Å². The second-order valence-corrected chi connectivity index (χ2v) is 9.60. The third-order valence-corrected chi connectivity index (χ3v) is 6.28. The van der Waals surface area contributed by atoms with E-state index < -0.39 is 11.7 Å². The molecule has 0 saturated heterocycles. The van der Waals surface area contributed by atoms with Crippen molar-refractivity contribution in [2.45, 2.75) is 39.3 Å². The molecular weight excluding hydrogens is 486 g/mol. The number of ether oxygens (including phenoxy) is 2. The van der Waals surface area contributed by atoms with Gasteiger partial charge in [0.05, 0.1) is 35.5 Å². The number of nitrogens with zero attached hydrogens (tertiary/aromatic N) is 5. The number of carbonyl (C=O) groups is 2. The minimum Gasteiger partial charge on any atom is -0.443 e. The first kappa shape index (κ1) is 26.8. The van der Waals surface area contributed by atoms with Crippen LogP contribution in [0.3, 0.4) is 0 Å². The van der Waals surface area contributed by atoms with Crippen LogP contribution in [0.25, 0.3) is 33.5 Å². The molecule has 4 heterocycles. The van der Waals surface area contributed by atoms with Crippen LogP contribution in [0.4, 0.5) is 10.6 Å². The van der Waals surface area contributed by atoms with Crippen LogP contribution in [0, 0.1) is 0 Å². The summed E-state index contributed by atoms with van der Waals surface area (Å²) in [4.78, 5) is 43.8. The number of rotatable bonds is 10. The standard InChI is InChI=1S/C27H33N7O4/c1-7-12-34(21(35)15-37-6)14-17-10-9-11-19(29-17)20-13-18-23-22(28-16-33(23)5)25(31-24(18)30-20)32-26(36)38-27(3,4)8-2/h7,9-11,13,16H,1,8,12,14-15H2,2-6H3,(H2,30,31,32,36). The minimum atomic E-state index is -0.608. The monoisotopic (exact) mass is 519 g/mol. The fourth-order valence-electron chi connectivity index (χ4n) is 4.01. The van der Waals surface area contributed by atoms with Gasteiger partial charge in [-0.2, -0.15) is 0 Å². The van der Waals surface area contributed by atoms with Crippen LogP contribution in [-0.2, 0) is 27.9 Å². The van der Waals surface area contributed by atoms with Crippen LogP contribution in [0.5, 0.6) is 0 Å². The Labute approximate surface area is 220 Å². The summed E-state index contributed by atoms with van der Waals surface area (Å²) in [5, 5.41) is 3.59. The lowest BCUT2D eigenvalue weighted by Gasteiger charge is -2.23. The number of aromatic nitrogens is 5. The van der Waals surface area contributed by atoms with E-state index in [4.69, 9.17) is 14.5 Å². The number of aromatic amines is 1. The third-order valence-electron chi connectivity index (χ3n) is 6.28. The molecule has 38 heavy (non-hydrogen) atoms. The zero-order valence-electron chi connectivity index (χ0n) is 22.4. The topological polar surface area (TPSA) is 127 Å². The van der Waals surface area contributed by atoms with Crippen LogP contribution >= 0.6 is 0 Å². The van der Waals surface area contributed by atoms with Gasteiger partial charge in [-0.1, -0.05) is 19.1 Å². The molecule has 0 unspecified atom stereocenters. The normalized spacial score (nSPS) is 11.6. The molecule has 0 fully saturated rings. The third kappa shape index (κ3) is 5.67. The first-order chi connectivity index (χ1) is 18.2. The van der Waals surface area contributed by atoms with Crippen LogP contribution in [0.2, 0.25) is 0 Å². The Morgan fingerprint density at radius 1 is 1.29 bits per heavy atom. The summed E-state index contributed by atoms with van der Waals surface area (Å²) in [5.41, 5.74) is 3.46. The van der Waals surface area contributed by atoms with Gasteiger partial charge in [0.1, 0.15) is 23.4 Å². The molecule has 0 aliphatic heterocycles. The molecule has 4 aromatic rings. The highest BCUT2D eigenvalue weighted by atomic mass is 16.6. The van der Waals surface area contributed by atoms with Gasteiger partial charge in [0.25, 0.3) is 0 Å². The first-order valence-electron chi connectivity index (χ1n) is 12.3. The summed E-state index contributed by atoms with van der Waals surface area (Å²) in [7, 11) is 3.37. The fraction of sp³-hybridized carbons (Fsp3) is 0.370. The van der Waals surface area contributed by atoms with Crippen LogP contribution in [0.15, 0.2) is 43.2 Å². The number of amides is 2. The highest BCUT2D eigenvalue weighted by Gasteiger charge is 2.23. The molecule has 11 nitrogen and oxygen atoms in total. The number of anilines is 1. The second-order valence-electron chi connectivity index (χ2n) is 9.60. The second kappa shape index (κ2) is 11.0. The van der Waals surface area contributed by atoms with E-state index in [2.05, 4.69) is 26.8 Å². The summed E-state index contributed by atoms with van der Waals surface area (Å²) in [6.07, 6.45) is 3.42. The average Bonchev–Trinajstić information content (AvgIpc) is 3.47. The molecule has 0 aliphatic rings. The van der Waals surface area contributed by atoms with E-state index in [0.717, 1.165) is 22.3 Å². The zero-order chi connectivity index (χ0) is 27.4. The van der Waals surface area contributed by atoms with E-state index in [9.17, 15) is 9.59 Å². The number of hydrogen-bond acceptors (Lipinski definition) is 7. The summed E-state index contributed by atoms with van der Waals surface area (Å²) in [6.45, 7) is 10.1. The van der Waals surface area contributed by atoms with Gasteiger partial charge in [0.2, 0.25) is 5.91 Å². The minimum absolute atomic E-state index is 0.0121. The van der Waals surface area contributed by atoms with Crippen LogP contribution < -0.4 is 5.32 Å². The lowest BCUT2D eigenvalue weighted by molar-refractivity contribution is -0.135. The molecule has 0 spiro atoms. The highest BCUT2D eigenvalue weighted by molar-refractivity contribution is 6.09. The number of hydrogen-bond donors (Lipinski definition) is 2. The number of H-pyrrole nitrogens is 1. The lowest BCUT2D eigenvalue weighted by atomic mass is 10.1. The number of nitrogens with one attached hydrogen (secondary N) is 2. The summed E-state index contributed by atoms with van der Waals surface area (Å²) < 4.78 is 12.4. The van der Waals surface area contributed by atoms with Crippen molar-refractivity contribution in [3.63, 3.8) is 0 Å². The van der Waals surface area contributed by atoms with Gasteiger partial charge in [-0.3, -0.25) is 10.1 Å². The molecule has 0 atom stereocenters. The number of pyridine rings is 2. The molecule has 0 aromatic carbocycles. The molecule has 2 amide bonds. The maximum atomic E-state index is 12.6. The van der Waals surface area contributed by atoms with Crippen LogP contribution in [-0.4, -0.2) is 67.3 Å². The molecule has 11 heteroatoms. The van der Waals surface area contributed by atoms with E-state index in [0.29, 0.717) is 42.2 Å². The Morgan fingerprint density at radius 3 is 2.79 bits per heavy atom. The molecule has 4 rings (SSSR count).